The number of benzene rings is 2. The number of carbonyl (C=O) groups is 2. The summed E-state index contributed by atoms with van der Waals surface area (Å²) in [6, 6.07) is 12.0. The average molecular weight is 399 g/mol. The quantitative estimate of drug-likeness (QED) is 0.444. The van der Waals surface area contributed by atoms with Gasteiger partial charge in [-0.25, -0.2) is 4.79 Å². The molecule has 0 unspecified atom stereocenters. The minimum absolute atomic E-state index is 0.197. The van der Waals surface area contributed by atoms with E-state index in [0.717, 1.165) is 5.56 Å². The summed E-state index contributed by atoms with van der Waals surface area (Å²) in [5.74, 6) is 0.686. The van der Waals surface area contributed by atoms with Crippen molar-refractivity contribution in [2.24, 2.45) is 0 Å². The zero-order chi connectivity index (χ0) is 19.0. The Morgan fingerprint density at radius 3 is 2.67 bits per heavy atom. The summed E-state index contributed by atoms with van der Waals surface area (Å²) in [4.78, 5) is 26.3. The molecule has 2 heterocycles. The zero-order valence-corrected chi connectivity index (χ0v) is 15.8. The third-order valence-corrected chi connectivity index (χ3v) is 5.34. The van der Waals surface area contributed by atoms with Crippen molar-refractivity contribution in [1.82, 2.24) is 0 Å². The van der Waals surface area contributed by atoms with Gasteiger partial charge in [0, 0.05) is 0 Å². The van der Waals surface area contributed by atoms with Crippen molar-refractivity contribution in [3.63, 3.8) is 0 Å². The van der Waals surface area contributed by atoms with Gasteiger partial charge in [-0.1, -0.05) is 30.0 Å². The van der Waals surface area contributed by atoms with Crippen molar-refractivity contribution in [3.8, 4) is 11.5 Å². The van der Waals surface area contributed by atoms with Crippen LogP contribution in [0.1, 0.15) is 15.9 Å². The van der Waals surface area contributed by atoms with E-state index in [1.54, 1.807) is 36.4 Å². The second-order valence-corrected chi connectivity index (χ2v) is 7.34. The third kappa shape index (κ3) is 3.29. The van der Waals surface area contributed by atoms with Crippen molar-refractivity contribution in [2.45, 2.75) is 0 Å². The summed E-state index contributed by atoms with van der Waals surface area (Å²) in [5.41, 5.74) is 1.82. The van der Waals surface area contributed by atoms with E-state index in [-0.39, 0.29) is 12.7 Å². The molecule has 0 bridgehead atoms. The van der Waals surface area contributed by atoms with Crippen LogP contribution in [0.3, 0.4) is 0 Å². The molecular weight excluding hydrogens is 386 g/mol. The largest absolute Gasteiger partial charge is 0.465 e. The minimum atomic E-state index is -0.436. The van der Waals surface area contributed by atoms with Gasteiger partial charge >= 0.3 is 5.97 Å². The van der Waals surface area contributed by atoms with Crippen LogP contribution in [0, 0.1) is 0 Å². The highest BCUT2D eigenvalue weighted by Crippen LogP contribution is 2.38. The number of hydrogen-bond acceptors (Lipinski definition) is 7. The number of hydrogen-bond donors (Lipinski definition) is 0. The Kier molecular flexibility index (Phi) is 4.59. The summed E-state index contributed by atoms with van der Waals surface area (Å²) in [5, 5.41) is 0. The van der Waals surface area contributed by atoms with Gasteiger partial charge < -0.3 is 14.2 Å². The van der Waals surface area contributed by atoms with E-state index < -0.39 is 5.97 Å². The number of amides is 1. The molecule has 0 N–H and O–H groups in total. The van der Waals surface area contributed by atoms with E-state index in [9.17, 15) is 9.59 Å². The molecule has 0 atom stereocenters. The van der Waals surface area contributed by atoms with Gasteiger partial charge in [-0.3, -0.25) is 9.69 Å². The van der Waals surface area contributed by atoms with Crippen molar-refractivity contribution in [1.29, 1.82) is 0 Å². The molecule has 1 amide bonds. The van der Waals surface area contributed by atoms with E-state index in [4.69, 9.17) is 21.7 Å². The number of nitrogens with zero attached hydrogens (tertiary/aromatic N) is 1. The lowest BCUT2D eigenvalue weighted by atomic mass is 10.1. The number of esters is 1. The molecule has 0 aromatic heterocycles. The molecule has 2 aliphatic heterocycles. The molecule has 2 aromatic carbocycles. The number of thioether (sulfide) groups is 1. The Balaban J connectivity index is 1.59. The summed E-state index contributed by atoms with van der Waals surface area (Å²) in [7, 11) is 1.32. The number of carbonyl (C=O) groups excluding carboxylic acids is 2. The first-order chi connectivity index (χ1) is 13.1. The fraction of sp³-hybridized carbons (Fsp3) is 0.105. The van der Waals surface area contributed by atoms with Crippen LogP contribution in [0.25, 0.3) is 6.08 Å². The smallest absolute Gasteiger partial charge is 0.337 e. The Morgan fingerprint density at radius 2 is 1.93 bits per heavy atom. The number of anilines is 1. The van der Waals surface area contributed by atoms with Crippen LogP contribution in [0.2, 0.25) is 0 Å². The maximum absolute atomic E-state index is 12.8. The topological polar surface area (TPSA) is 65.1 Å². The molecule has 0 saturated carbocycles. The van der Waals surface area contributed by atoms with Crippen molar-refractivity contribution >= 4 is 51.9 Å². The second kappa shape index (κ2) is 7.05. The van der Waals surface area contributed by atoms with Gasteiger partial charge in [-0.2, -0.15) is 0 Å². The predicted octanol–water partition coefficient (Wildman–Crippen LogP) is 3.61. The van der Waals surface area contributed by atoms with Crippen LogP contribution < -0.4 is 14.4 Å². The molecule has 1 fully saturated rings. The summed E-state index contributed by atoms with van der Waals surface area (Å²) >= 11 is 6.60. The molecule has 8 heteroatoms. The molecule has 136 valence electrons. The fourth-order valence-electron chi connectivity index (χ4n) is 2.71. The molecule has 2 aromatic rings. The van der Waals surface area contributed by atoms with Gasteiger partial charge in [0.15, 0.2) is 15.8 Å². The standard InChI is InChI=1S/C19H13NO5S2/c1-23-18(22)12-3-5-13(6-4-12)20-17(21)16(27-19(20)26)9-11-2-7-14-15(8-11)25-10-24-14/h2-9H,10H2,1H3. The Bertz CT molecular complexity index is 984. The maximum atomic E-state index is 12.8. The highest BCUT2D eigenvalue weighted by molar-refractivity contribution is 8.27. The molecule has 0 radical (unpaired) electrons. The number of ether oxygens (including phenoxy) is 3. The number of thiocarbonyl (C=S) groups is 1. The fourth-order valence-corrected chi connectivity index (χ4v) is 4.01. The van der Waals surface area contributed by atoms with Crippen LogP contribution in [0.4, 0.5) is 5.69 Å². The second-order valence-electron chi connectivity index (χ2n) is 5.67. The van der Waals surface area contributed by atoms with Gasteiger partial charge in [0.25, 0.3) is 5.91 Å². The molecule has 1 saturated heterocycles. The first kappa shape index (κ1) is 17.6. The van der Waals surface area contributed by atoms with Gasteiger partial charge in [-0.15, -0.1) is 0 Å². The molecule has 2 aliphatic rings. The predicted molar refractivity (Wildman–Crippen MR) is 106 cm³/mol. The lowest BCUT2D eigenvalue weighted by Crippen LogP contribution is -2.27. The van der Waals surface area contributed by atoms with E-state index in [0.29, 0.717) is 32.0 Å². The first-order valence-corrected chi connectivity index (χ1v) is 9.15. The number of rotatable bonds is 3. The van der Waals surface area contributed by atoms with Crippen molar-refractivity contribution < 1.29 is 23.8 Å². The molecular formula is C19H13NO5S2. The first-order valence-electron chi connectivity index (χ1n) is 7.93. The van der Waals surface area contributed by atoms with Gasteiger partial charge in [0.2, 0.25) is 6.79 Å². The monoisotopic (exact) mass is 399 g/mol. The van der Waals surface area contributed by atoms with Crippen LogP contribution in [0.5, 0.6) is 11.5 Å². The normalized spacial score (nSPS) is 16.9. The molecule has 6 nitrogen and oxygen atoms in total. The molecule has 0 spiro atoms. The van der Waals surface area contributed by atoms with E-state index >= 15 is 0 Å². The summed E-state index contributed by atoms with van der Waals surface area (Å²) in [6.07, 6.45) is 1.77. The van der Waals surface area contributed by atoms with E-state index in [1.807, 2.05) is 12.1 Å². The Labute approximate surface area is 164 Å². The molecule has 4 rings (SSSR count). The van der Waals surface area contributed by atoms with Crippen LogP contribution in [-0.4, -0.2) is 30.1 Å². The van der Waals surface area contributed by atoms with Crippen LogP contribution in [0.15, 0.2) is 47.4 Å². The Hall–Kier alpha value is -2.84. The zero-order valence-electron chi connectivity index (χ0n) is 14.1. The minimum Gasteiger partial charge on any atom is -0.465 e. The maximum Gasteiger partial charge on any atom is 0.337 e. The van der Waals surface area contributed by atoms with Crippen molar-refractivity contribution in [2.75, 3.05) is 18.8 Å². The van der Waals surface area contributed by atoms with Crippen LogP contribution in [-0.2, 0) is 9.53 Å². The average Bonchev–Trinajstić information content (AvgIpc) is 3.25. The van der Waals surface area contributed by atoms with Gasteiger partial charge in [-0.05, 0) is 48.0 Å². The van der Waals surface area contributed by atoms with E-state index in [2.05, 4.69) is 4.74 Å². The van der Waals surface area contributed by atoms with E-state index in [1.165, 1.54) is 23.8 Å². The van der Waals surface area contributed by atoms with Crippen LogP contribution >= 0.6 is 24.0 Å². The SMILES string of the molecule is COC(=O)c1ccc(N2C(=O)C(=Cc3ccc4c(c3)OCO4)SC2=S)cc1. The highest BCUT2D eigenvalue weighted by Gasteiger charge is 2.33. The third-order valence-electron chi connectivity index (χ3n) is 4.03. The lowest BCUT2D eigenvalue weighted by molar-refractivity contribution is -0.113. The molecule has 27 heavy (non-hydrogen) atoms. The molecule has 0 aliphatic carbocycles. The highest BCUT2D eigenvalue weighted by atomic mass is 32.2. The number of methoxy groups -OCH3 is 1. The van der Waals surface area contributed by atoms with Gasteiger partial charge in [0.1, 0.15) is 0 Å². The lowest BCUT2D eigenvalue weighted by Gasteiger charge is -2.14. The van der Waals surface area contributed by atoms with Gasteiger partial charge in [0.05, 0.1) is 23.3 Å². The summed E-state index contributed by atoms with van der Waals surface area (Å²) in [6.45, 7) is 0.197. The Morgan fingerprint density at radius 1 is 1.19 bits per heavy atom. The van der Waals surface area contributed by atoms with Crippen molar-refractivity contribution in [3.05, 3.63) is 58.5 Å². The number of fused-ring (bicyclic) bond motifs is 1. The summed E-state index contributed by atoms with van der Waals surface area (Å²) < 4.78 is 15.8.